The molecule has 0 aliphatic carbocycles. The molecule has 18 heavy (non-hydrogen) atoms. The van der Waals surface area contributed by atoms with Crippen LogP contribution in [0.5, 0.6) is 0 Å². The van der Waals surface area contributed by atoms with E-state index < -0.39 is 11.7 Å². The van der Waals surface area contributed by atoms with Crippen molar-refractivity contribution in [3.05, 3.63) is 35.4 Å². The lowest BCUT2D eigenvalue weighted by Crippen LogP contribution is -2.29. The normalized spacial score (nSPS) is 15.4. The van der Waals surface area contributed by atoms with Crippen molar-refractivity contribution in [3.8, 4) is 0 Å². The van der Waals surface area contributed by atoms with Gasteiger partial charge in [0, 0.05) is 0 Å². The minimum absolute atomic E-state index is 0.126. The van der Waals surface area contributed by atoms with Gasteiger partial charge in [-0.2, -0.15) is 13.2 Å². The number of hydrogen-bond donors (Lipinski definition) is 1. The predicted octanol–water partition coefficient (Wildman–Crippen LogP) is 4.01. The van der Waals surface area contributed by atoms with Gasteiger partial charge in [0.05, 0.1) is 5.56 Å². The van der Waals surface area contributed by atoms with E-state index in [2.05, 4.69) is 6.92 Å². The van der Waals surface area contributed by atoms with E-state index in [1.165, 1.54) is 12.1 Å². The quantitative estimate of drug-likeness (QED) is 0.849. The molecule has 0 saturated carbocycles. The van der Waals surface area contributed by atoms with Crippen LogP contribution in [0.1, 0.15) is 37.8 Å². The second-order valence-corrected chi connectivity index (χ2v) is 5.14. The molecule has 0 aliphatic heterocycles. The Morgan fingerprint density at radius 3 is 2.39 bits per heavy atom. The predicted molar refractivity (Wildman–Crippen MR) is 67.2 cm³/mol. The van der Waals surface area contributed by atoms with E-state index in [4.69, 9.17) is 5.73 Å². The Morgan fingerprint density at radius 2 is 1.89 bits per heavy atom. The molecule has 0 spiro atoms. The second kappa shape index (κ2) is 5.74. The number of nitrogens with two attached hydrogens (primary N) is 1. The van der Waals surface area contributed by atoms with E-state index in [0.717, 1.165) is 18.9 Å². The van der Waals surface area contributed by atoms with E-state index in [1.807, 2.05) is 6.92 Å². The van der Waals surface area contributed by atoms with Crippen LogP contribution in [0.2, 0.25) is 0 Å². The van der Waals surface area contributed by atoms with Crippen molar-refractivity contribution in [2.75, 3.05) is 6.54 Å². The standard InChI is InChI=1S/C14H20F3N/c1-3-7-13(2,10-18)9-11-5-4-6-12(8-11)14(15,16)17/h4-6,8H,3,7,9-10,18H2,1-2H3. The van der Waals surface area contributed by atoms with Crippen LogP contribution < -0.4 is 5.73 Å². The summed E-state index contributed by atoms with van der Waals surface area (Å²) in [5.74, 6) is 0. The summed E-state index contributed by atoms with van der Waals surface area (Å²) in [5, 5.41) is 0. The Kier molecular flexibility index (Phi) is 4.79. The van der Waals surface area contributed by atoms with Gasteiger partial charge in [-0.15, -0.1) is 0 Å². The lowest BCUT2D eigenvalue weighted by molar-refractivity contribution is -0.137. The lowest BCUT2D eigenvalue weighted by atomic mass is 9.79. The lowest BCUT2D eigenvalue weighted by Gasteiger charge is -2.28. The van der Waals surface area contributed by atoms with Gasteiger partial charge in [0.1, 0.15) is 0 Å². The van der Waals surface area contributed by atoms with Crippen molar-refractivity contribution in [2.45, 2.75) is 39.3 Å². The monoisotopic (exact) mass is 259 g/mol. The molecular weight excluding hydrogens is 239 g/mol. The number of alkyl halides is 3. The van der Waals surface area contributed by atoms with Gasteiger partial charge in [0.15, 0.2) is 0 Å². The molecule has 1 aromatic rings. The minimum atomic E-state index is -4.28. The maximum absolute atomic E-state index is 12.6. The largest absolute Gasteiger partial charge is 0.416 e. The van der Waals surface area contributed by atoms with E-state index >= 15 is 0 Å². The molecule has 1 atom stereocenters. The molecular formula is C14H20F3N. The molecule has 0 heterocycles. The maximum atomic E-state index is 12.6. The average Bonchev–Trinajstić information content (AvgIpc) is 2.28. The van der Waals surface area contributed by atoms with E-state index in [0.29, 0.717) is 18.5 Å². The van der Waals surface area contributed by atoms with Crippen LogP contribution in [-0.2, 0) is 12.6 Å². The first-order valence-corrected chi connectivity index (χ1v) is 6.17. The summed E-state index contributed by atoms with van der Waals surface area (Å²) in [6, 6.07) is 5.52. The molecule has 0 radical (unpaired) electrons. The van der Waals surface area contributed by atoms with Crippen molar-refractivity contribution in [2.24, 2.45) is 11.1 Å². The Hall–Kier alpha value is -1.03. The van der Waals surface area contributed by atoms with E-state index in [1.54, 1.807) is 6.07 Å². The van der Waals surface area contributed by atoms with Gasteiger partial charge in [-0.25, -0.2) is 0 Å². The summed E-state index contributed by atoms with van der Waals surface area (Å²) >= 11 is 0. The molecule has 0 aliphatic rings. The van der Waals surface area contributed by atoms with Crippen molar-refractivity contribution in [3.63, 3.8) is 0 Å². The zero-order valence-electron chi connectivity index (χ0n) is 10.8. The Labute approximate surface area is 106 Å². The van der Waals surface area contributed by atoms with Gasteiger partial charge in [0.25, 0.3) is 0 Å². The highest BCUT2D eigenvalue weighted by molar-refractivity contribution is 5.26. The number of benzene rings is 1. The molecule has 1 aromatic carbocycles. The van der Waals surface area contributed by atoms with Crippen molar-refractivity contribution >= 4 is 0 Å². The molecule has 4 heteroatoms. The third kappa shape index (κ3) is 4.02. The minimum Gasteiger partial charge on any atom is -0.330 e. The summed E-state index contributed by atoms with van der Waals surface area (Å²) in [7, 11) is 0. The third-order valence-electron chi connectivity index (χ3n) is 3.23. The van der Waals surface area contributed by atoms with Crippen molar-refractivity contribution < 1.29 is 13.2 Å². The average molecular weight is 259 g/mol. The van der Waals surface area contributed by atoms with Crippen LogP contribution in [0.4, 0.5) is 13.2 Å². The van der Waals surface area contributed by atoms with E-state index in [-0.39, 0.29) is 5.41 Å². The SMILES string of the molecule is CCCC(C)(CN)Cc1cccc(C(F)(F)F)c1. The molecule has 0 bridgehead atoms. The smallest absolute Gasteiger partial charge is 0.330 e. The zero-order chi connectivity index (χ0) is 13.8. The molecule has 1 rings (SSSR count). The number of halogens is 3. The summed E-state index contributed by atoms with van der Waals surface area (Å²) < 4.78 is 37.8. The topological polar surface area (TPSA) is 26.0 Å². The fourth-order valence-corrected chi connectivity index (χ4v) is 2.22. The molecule has 102 valence electrons. The zero-order valence-corrected chi connectivity index (χ0v) is 10.8. The molecule has 2 N–H and O–H groups in total. The molecule has 0 saturated heterocycles. The highest BCUT2D eigenvalue weighted by Gasteiger charge is 2.31. The summed E-state index contributed by atoms with van der Waals surface area (Å²) in [4.78, 5) is 0. The van der Waals surface area contributed by atoms with Crippen LogP contribution in [0.15, 0.2) is 24.3 Å². The first-order chi connectivity index (χ1) is 8.30. The Bertz CT molecular complexity index is 387. The maximum Gasteiger partial charge on any atom is 0.416 e. The summed E-state index contributed by atoms with van der Waals surface area (Å²) in [6.45, 7) is 4.56. The van der Waals surface area contributed by atoms with Crippen molar-refractivity contribution in [1.82, 2.24) is 0 Å². The van der Waals surface area contributed by atoms with Gasteiger partial charge < -0.3 is 5.73 Å². The van der Waals surface area contributed by atoms with E-state index in [9.17, 15) is 13.2 Å². The third-order valence-corrected chi connectivity index (χ3v) is 3.23. The molecule has 0 fully saturated rings. The molecule has 1 nitrogen and oxygen atoms in total. The van der Waals surface area contributed by atoms with Crippen LogP contribution in [-0.4, -0.2) is 6.54 Å². The fourth-order valence-electron chi connectivity index (χ4n) is 2.22. The van der Waals surface area contributed by atoms with Gasteiger partial charge >= 0.3 is 6.18 Å². The summed E-state index contributed by atoms with van der Waals surface area (Å²) in [5.41, 5.74) is 5.73. The number of hydrogen-bond acceptors (Lipinski definition) is 1. The van der Waals surface area contributed by atoms with Gasteiger partial charge in [-0.3, -0.25) is 0 Å². The Morgan fingerprint density at radius 1 is 1.22 bits per heavy atom. The fraction of sp³-hybridized carbons (Fsp3) is 0.571. The van der Waals surface area contributed by atoms with Crippen LogP contribution >= 0.6 is 0 Å². The highest BCUT2D eigenvalue weighted by atomic mass is 19.4. The molecule has 1 unspecified atom stereocenters. The van der Waals surface area contributed by atoms with Gasteiger partial charge in [0.2, 0.25) is 0 Å². The highest BCUT2D eigenvalue weighted by Crippen LogP contribution is 2.32. The van der Waals surface area contributed by atoms with Gasteiger partial charge in [-0.1, -0.05) is 38.5 Å². The van der Waals surface area contributed by atoms with Crippen LogP contribution in [0, 0.1) is 5.41 Å². The van der Waals surface area contributed by atoms with Crippen LogP contribution in [0.3, 0.4) is 0 Å². The first-order valence-electron chi connectivity index (χ1n) is 6.17. The van der Waals surface area contributed by atoms with Gasteiger partial charge in [-0.05, 0) is 36.4 Å². The van der Waals surface area contributed by atoms with Crippen molar-refractivity contribution in [1.29, 1.82) is 0 Å². The van der Waals surface area contributed by atoms with Crippen LogP contribution in [0.25, 0.3) is 0 Å². The molecule has 0 amide bonds. The number of rotatable bonds is 5. The second-order valence-electron chi connectivity index (χ2n) is 5.14. The first kappa shape index (κ1) is 15.0. The summed E-state index contributed by atoms with van der Waals surface area (Å²) in [6.07, 6.45) is -1.80. The Balaban J connectivity index is 2.91. The molecule has 0 aromatic heterocycles.